The zero-order chi connectivity index (χ0) is 12.4. The van der Waals surface area contributed by atoms with Crippen molar-refractivity contribution < 1.29 is 4.79 Å². The van der Waals surface area contributed by atoms with Crippen LogP contribution in [0, 0.1) is 0 Å². The van der Waals surface area contributed by atoms with E-state index in [0.29, 0.717) is 6.04 Å². The minimum absolute atomic E-state index is 0.125. The molecular formula is C12H13Br2NOS. The Morgan fingerprint density at radius 1 is 1.35 bits per heavy atom. The van der Waals surface area contributed by atoms with Crippen molar-refractivity contribution in [1.29, 1.82) is 0 Å². The molecule has 1 aliphatic heterocycles. The lowest BCUT2D eigenvalue weighted by Crippen LogP contribution is -2.44. The fourth-order valence-electron chi connectivity index (χ4n) is 1.87. The van der Waals surface area contributed by atoms with Gasteiger partial charge < -0.3 is 4.90 Å². The lowest BCUT2D eigenvalue weighted by Gasteiger charge is -2.33. The summed E-state index contributed by atoms with van der Waals surface area (Å²) in [6, 6.07) is 6.01. The first-order valence-electron chi connectivity index (χ1n) is 5.43. The summed E-state index contributed by atoms with van der Waals surface area (Å²) < 4.78 is 1.85. The van der Waals surface area contributed by atoms with E-state index in [2.05, 4.69) is 38.8 Å². The van der Waals surface area contributed by atoms with E-state index >= 15 is 0 Å². The molecule has 1 fully saturated rings. The van der Waals surface area contributed by atoms with E-state index in [9.17, 15) is 4.79 Å². The molecule has 1 saturated heterocycles. The highest BCUT2D eigenvalue weighted by atomic mass is 79.9. The Morgan fingerprint density at radius 3 is 2.59 bits per heavy atom. The molecule has 5 heteroatoms. The molecule has 0 radical (unpaired) electrons. The topological polar surface area (TPSA) is 20.3 Å². The number of carbonyl (C=O) groups excluding carboxylic acids is 1. The Balaban J connectivity index is 2.23. The van der Waals surface area contributed by atoms with Gasteiger partial charge in [-0.05, 0) is 25.1 Å². The molecule has 17 heavy (non-hydrogen) atoms. The minimum atomic E-state index is 0.125. The molecule has 0 aromatic heterocycles. The Kier molecular flexibility index (Phi) is 4.55. The van der Waals surface area contributed by atoms with Crippen molar-refractivity contribution in [1.82, 2.24) is 4.90 Å². The fraction of sp³-hybridized carbons (Fsp3) is 0.417. The fourth-order valence-corrected chi connectivity index (χ4v) is 4.18. The summed E-state index contributed by atoms with van der Waals surface area (Å²) >= 11 is 8.74. The molecule has 1 heterocycles. The highest BCUT2D eigenvalue weighted by Gasteiger charge is 2.24. The van der Waals surface area contributed by atoms with Crippen molar-refractivity contribution in [3.8, 4) is 0 Å². The van der Waals surface area contributed by atoms with Gasteiger partial charge in [0.2, 0.25) is 0 Å². The van der Waals surface area contributed by atoms with Crippen LogP contribution in [0.3, 0.4) is 0 Å². The van der Waals surface area contributed by atoms with Crippen molar-refractivity contribution in [2.75, 3.05) is 18.1 Å². The predicted molar refractivity (Wildman–Crippen MR) is 79.7 cm³/mol. The van der Waals surface area contributed by atoms with Crippen LogP contribution in [-0.4, -0.2) is 34.9 Å². The number of benzene rings is 1. The second-order valence-electron chi connectivity index (χ2n) is 4.08. The molecule has 0 saturated carbocycles. The number of hydrogen-bond acceptors (Lipinski definition) is 2. The van der Waals surface area contributed by atoms with Gasteiger partial charge in [0.15, 0.2) is 0 Å². The summed E-state index contributed by atoms with van der Waals surface area (Å²) in [5.74, 6) is 2.19. The molecule has 92 valence electrons. The molecule has 0 spiro atoms. The lowest BCUT2D eigenvalue weighted by molar-refractivity contribution is 0.0716. The van der Waals surface area contributed by atoms with E-state index in [1.54, 1.807) is 0 Å². The van der Waals surface area contributed by atoms with Gasteiger partial charge in [-0.2, -0.15) is 11.8 Å². The van der Waals surface area contributed by atoms with Crippen LogP contribution in [0.25, 0.3) is 0 Å². The largest absolute Gasteiger partial charge is 0.334 e. The highest BCUT2D eigenvalue weighted by molar-refractivity contribution is 9.11. The van der Waals surface area contributed by atoms with Gasteiger partial charge in [0.25, 0.3) is 5.91 Å². The van der Waals surface area contributed by atoms with E-state index in [0.717, 1.165) is 32.6 Å². The second-order valence-corrected chi connectivity index (χ2v) is 7.06. The van der Waals surface area contributed by atoms with Crippen molar-refractivity contribution >= 4 is 49.5 Å². The van der Waals surface area contributed by atoms with Crippen LogP contribution in [0.2, 0.25) is 0 Å². The Labute approximate surface area is 122 Å². The van der Waals surface area contributed by atoms with Gasteiger partial charge >= 0.3 is 0 Å². The molecule has 0 bridgehead atoms. The second kappa shape index (κ2) is 5.76. The van der Waals surface area contributed by atoms with E-state index in [-0.39, 0.29) is 5.91 Å². The summed E-state index contributed by atoms with van der Waals surface area (Å²) in [5, 5.41) is 0. The Hall–Kier alpha value is -0.000000000000000111. The van der Waals surface area contributed by atoms with Gasteiger partial charge in [-0.3, -0.25) is 4.79 Å². The van der Waals surface area contributed by atoms with Gasteiger partial charge in [0.1, 0.15) is 0 Å². The van der Waals surface area contributed by atoms with Gasteiger partial charge in [-0.15, -0.1) is 0 Å². The van der Waals surface area contributed by atoms with E-state index < -0.39 is 0 Å². The molecule has 1 amide bonds. The molecule has 1 aliphatic rings. The first-order chi connectivity index (χ1) is 8.08. The summed E-state index contributed by atoms with van der Waals surface area (Å²) in [7, 11) is 0. The number of halogens is 2. The average molecular weight is 379 g/mol. The van der Waals surface area contributed by atoms with E-state index in [4.69, 9.17) is 0 Å². The maximum absolute atomic E-state index is 12.4. The van der Waals surface area contributed by atoms with E-state index in [1.165, 1.54) is 0 Å². The Bertz CT molecular complexity index is 418. The first-order valence-corrected chi connectivity index (χ1v) is 8.17. The van der Waals surface area contributed by atoms with Gasteiger partial charge in [-0.1, -0.05) is 31.9 Å². The van der Waals surface area contributed by atoms with Crippen molar-refractivity contribution in [2.24, 2.45) is 0 Å². The minimum Gasteiger partial charge on any atom is -0.334 e. The smallest absolute Gasteiger partial charge is 0.254 e. The summed E-state index contributed by atoms with van der Waals surface area (Å²) in [6.45, 7) is 2.95. The average Bonchev–Trinajstić information content (AvgIpc) is 2.27. The van der Waals surface area contributed by atoms with Crippen LogP contribution in [0.15, 0.2) is 27.1 Å². The first kappa shape index (κ1) is 13.4. The number of nitrogens with zero attached hydrogens (tertiary/aromatic N) is 1. The van der Waals surface area contributed by atoms with Crippen LogP contribution in [0.4, 0.5) is 0 Å². The van der Waals surface area contributed by atoms with Crippen molar-refractivity contribution in [3.63, 3.8) is 0 Å². The van der Waals surface area contributed by atoms with Crippen LogP contribution in [0.5, 0.6) is 0 Å². The third-order valence-electron chi connectivity index (χ3n) is 2.74. The summed E-state index contributed by atoms with van der Waals surface area (Å²) in [4.78, 5) is 14.4. The van der Waals surface area contributed by atoms with Gasteiger partial charge in [0, 0.05) is 38.6 Å². The molecule has 0 N–H and O–H groups in total. The number of thioether (sulfide) groups is 1. The molecule has 1 aromatic carbocycles. The lowest BCUT2D eigenvalue weighted by atomic mass is 10.1. The molecule has 1 aromatic rings. The highest BCUT2D eigenvalue weighted by Crippen LogP contribution is 2.23. The standard InChI is InChI=1S/C12H13Br2NOS/c1-8-7-17-3-2-15(8)12(16)9-4-10(13)6-11(14)5-9/h4-6,8H,2-3,7H2,1H3. The SMILES string of the molecule is CC1CSCCN1C(=O)c1cc(Br)cc(Br)c1. The molecule has 2 nitrogen and oxygen atoms in total. The number of amides is 1. The maximum Gasteiger partial charge on any atom is 0.254 e. The van der Waals surface area contributed by atoms with Crippen LogP contribution >= 0.6 is 43.6 Å². The Morgan fingerprint density at radius 2 is 2.00 bits per heavy atom. The quantitative estimate of drug-likeness (QED) is 0.740. The maximum atomic E-state index is 12.4. The predicted octanol–water partition coefficient (Wildman–Crippen LogP) is 3.79. The van der Waals surface area contributed by atoms with Crippen molar-refractivity contribution in [3.05, 3.63) is 32.7 Å². The third-order valence-corrected chi connectivity index (χ3v) is 4.84. The molecule has 0 aliphatic carbocycles. The summed E-state index contributed by atoms with van der Waals surface area (Å²) in [6.07, 6.45) is 0. The summed E-state index contributed by atoms with van der Waals surface area (Å²) in [5.41, 5.74) is 0.741. The normalized spacial score (nSPS) is 20.4. The molecule has 1 unspecified atom stereocenters. The zero-order valence-corrected chi connectivity index (χ0v) is 13.4. The number of hydrogen-bond donors (Lipinski definition) is 0. The van der Waals surface area contributed by atoms with Crippen LogP contribution in [-0.2, 0) is 0 Å². The number of carbonyl (C=O) groups is 1. The zero-order valence-electron chi connectivity index (χ0n) is 9.45. The van der Waals surface area contributed by atoms with Crippen LogP contribution in [0.1, 0.15) is 17.3 Å². The molecule has 1 atom stereocenters. The van der Waals surface area contributed by atoms with Gasteiger partial charge in [-0.25, -0.2) is 0 Å². The van der Waals surface area contributed by atoms with Gasteiger partial charge in [0.05, 0.1) is 0 Å². The van der Waals surface area contributed by atoms with Crippen LogP contribution < -0.4 is 0 Å². The van der Waals surface area contributed by atoms with Crippen molar-refractivity contribution in [2.45, 2.75) is 13.0 Å². The molecular weight excluding hydrogens is 366 g/mol. The third kappa shape index (κ3) is 3.26. The molecule has 2 rings (SSSR count). The number of rotatable bonds is 1. The van der Waals surface area contributed by atoms with E-state index in [1.807, 2.05) is 34.9 Å². The monoisotopic (exact) mass is 377 g/mol.